The Kier molecular flexibility index (Phi) is 6.91. The summed E-state index contributed by atoms with van der Waals surface area (Å²) >= 11 is 0. The zero-order valence-electron chi connectivity index (χ0n) is 11.6. The van der Waals surface area contributed by atoms with Gasteiger partial charge in [0.2, 0.25) is 0 Å². The van der Waals surface area contributed by atoms with Crippen LogP contribution in [0.5, 0.6) is 0 Å². The van der Waals surface area contributed by atoms with Crippen molar-refractivity contribution >= 4 is 0 Å². The molecule has 0 amide bonds. The number of benzene rings is 1. The maximum absolute atomic E-state index is 13.6. The quantitative estimate of drug-likeness (QED) is 0.715. The van der Waals surface area contributed by atoms with Crippen LogP contribution in [0.1, 0.15) is 43.9 Å². The number of hydrogen-bond acceptors (Lipinski definition) is 2. The van der Waals surface area contributed by atoms with Crippen LogP contribution < -0.4 is 5.32 Å². The maximum Gasteiger partial charge on any atom is 0.126 e. The largest absolute Gasteiger partial charge is 0.382 e. The van der Waals surface area contributed by atoms with Crippen molar-refractivity contribution in [2.75, 3.05) is 19.8 Å². The van der Waals surface area contributed by atoms with Crippen LogP contribution in [0.2, 0.25) is 0 Å². The van der Waals surface area contributed by atoms with E-state index in [9.17, 15) is 4.39 Å². The number of nitrogens with one attached hydrogen (secondary N) is 1. The third-order valence-corrected chi connectivity index (χ3v) is 3.03. The highest BCUT2D eigenvalue weighted by Gasteiger charge is 2.11. The number of ether oxygens (including phenoxy) is 1. The van der Waals surface area contributed by atoms with Crippen molar-refractivity contribution in [2.24, 2.45) is 0 Å². The van der Waals surface area contributed by atoms with E-state index >= 15 is 0 Å². The van der Waals surface area contributed by atoms with Gasteiger partial charge in [0.15, 0.2) is 0 Å². The Hall–Kier alpha value is -0.930. The SMILES string of the molecule is CCNC(CCCOCC)c1ccc(C)c(F)c1. The lowest BCUT2D eigenvalue weighted by atomic mass is 10.0. The summed E-state index contributed by atoms with van der Waals surface area (Å²) in [6.45, 7) is 8.26. The molecule has 0 aromatic heterocycles. The molecule has 18 heavy (non-hydrogen) atoms. The second-order valence-corrected chi connectivity index (χ2v) is 4.46. The van der Waals surface area contributed by atoms with E-state index in [1.165, 1.54) is 0 Å². The van der Waals surface area contributed by atoms with Gasteiger partial charge < -0.3 is 10.1 Å². The molecule has 0 aliphatic heterocycles. The molecule has 0 fully saturated rings. The van der Waals surface area contributed by atoms with Crippen molar-refractivity contribution in [1.29, 1.82) is 0 Å². The van der Waals surface area contributed by atoms with Crippen LogP contribution in [-0.2, 0) is 4.74 Å². The van der Waals surface area contributed by atoms with Gasteiger partial charge in [-0.05, 0) is 50.4 Å². The molecule has 1 aromatic rings. The fraction of sp³-hybridized carbons (Fsp3) is 0.600. The van der Waals surface area contributed by atoms with Crippen LogP contribution >= 0.6 is 0 Å². The van der Waals surface area contributed by atoms with Crippen LogP contribution in [-0.4, -0.2) is 19.8 Å². The lowest BCUT2D eigenvalue weighted by Crippen LogP contribution is -2.21. The second-order valence-electron chi connectivity index (χ2n) is 4.46. The van der Waals surface area contributed by atoms with Crippen molar-refractivity contribution in [3.63, 3.8) is 0 Å². The molecule has 1 rings (SSSR count). The number of aryl methyl sites for hydroxylation is 1. The zero-order valence-corrected chi connectivity index (χ0v) is 11.6. The first-order chi connectivity index (χ1) is 8.69. The van der Waals surface area contributed by atoms with E-state index < -0.39 is 0 Å². The summed E-state index contributed by atoms with van der Waals surface area (Å²) in [6, 6.07) is 5.71. The van der Waals surface area contributed by atoms with Crippen molar-refractivity contribution in [3.05, 3.63) is 35.1 Å². The fourth-order valence-electron chi connectivity index (χ4n) is 1.99. The van der Waals surface area contributed by atoms with Crippen LogP contribution in [0.3, 0.4) is 0 Å². The lowest BCUT2D eigenvalue weighted by molar-refractivity contribution is 0.141. The van der Waals surface area contributed by atoms with Gasteiger partial charge in [-0.3, -0.25) is 0 Å². The van der Waals surface area contributed by atoms with Crippen molar-refractivity contribution < 1.29 is 9.13 Å². The molecule has 2 nitrogen and oxygen atoms in total. The average Bonchev–Trinajstić information content (AvgIpc) is 2.37. The summed E-state index contributed by atoms with van der Waals surface area (Å²) < 4.78 is 18.9. The van der Waals surface area contributed by atoms with Gasteiger partial charge in [0.1, 0.15) is 5.82 Å². The van der Waals surface area contributed by atoms with Gasteiger partial charge in [-0.15, -0.1) is 0 Å². The Labute approximate surface area is 110 Å². The molecule has 0 saturated heterocycles. The van der Waals surface area contributed by atoms with Gasteiger partial charge in [-0.2, -0.15) is 0 Å². The van der Waals surface area contributed by atoms with Crippen molar-refractivity contribution in [1.82, 2.24) is 5.32 Å². The van der Waals surface area contributed by atoms with Crippen LogP contribution in [0.25, 0.3) is 0 Å². The Morgan fingerprint density at radius 3 is 2.72 bits per heavy atom. The van der Waals surface area contributed by atoms with Gasteiger partial charge in [0.05, 0.1) is 0 Å². The molecule has 1 unspecified atom stereocenters. The minimum atomic E-state index is -0.125. The van der Waals surface area contributed by atoms with Crippen molar-refractivity contribution in [3.8, 4) is 0 Å². The topological polar surface area (TPSA) is 21.3 Å². The molecule has 102 valence electrons. The van der Waals surface area contributed by atoms with E-state index in [-0.39, 0.29) is 11.9 Å². The molecule has 0 radical (unpaired) electrons. The Bertz CT molecular complexity index is 354. The lowest BCUT2D eigenvalue weighted by Gasteiger charge is -2.18. The Morgan fingerprint density at radius 1 is 1.33 bits per heavy atom. The first-order valence-corrected chi connectivity index (χ1v) is 6.76. The van der Waals surface area contributed by atoms with Gasteiger partial charge in [0.25, 0.3) is 0 Å². The molecule has 1 atom stereocenters. The molecule has 0 saturated carbocycles. The number of rotatable bonds is 8. The van der Waals surface area contributed by atoms with Gasteiger partial charge in [-0.25, -0.2) is 4.39 Å². The molecular formula is C15H24FNO. The Balaban J connectivity index is 2.61. The van der Waals surface area contributed by atoms with Crippen LogP contribution in [0.15, 0.2) is 18.2 Å². The summed E-state index contributed by atoms with van der Waals surface area (Å²) in [7, 11) is 0. The molecule has 0 heterocycles. The molecule has 0 aliphatic rings. The van der Waals surface area contributed by atoms with Crippen LogP contribution in [0.4, 0.5) is 4.39 Å². The van der Waals surface area contributed by atoms with E-state index in [1.54, 1.807) is 13.0 Å². The van der Waals surface area contributed by atoms with Crippen molar-refractivity contribution in [2.45, 2.75) is 39.7 Å². The highest BCUT2D eigenvalue weighted by molar-refractivity contribution is 5.25. The first kappa shape index (κ1) is 15.1. The highest BCUT2D eigenvalue weighted by Crippen LogP contribution is 2.20. The van der Waals surface area contributed by atoms with Gasteiger partial charge in [0, 0.05) is 19.3 Å². The van der Waals surface area contributed by atoms with E-state index in [2.05, 4.69) is 12.2 Å². The summed E-state index contributed by atoms with van der Waals surface area (Å²) in [5, 5.41) is 3.40. The third-order valence-electron chi connectivity index (χ3n) is 3.03. The third kappa shape index (κ3) is 4.75. The van der Waals surface area contributed by atoms with E-state index in [0.29, 0.717) is 5.56 Å². The minimum Gasteiger partial charge on any atom is -0.382 e. The summed E-state index contributed by atoms with van der Waals surface area (Å²) in [5.41, 5.74) is 1.72. The standard InChI is InChI=1S/C15H24FNO/c1-4-17-15(7-6-10-18-5-2)13-9-8-12(3)14(16)11-13/h8-9,11,15,17H,4-7,10H2,1-3H3. The monoisotopic (exact) mass is 253 g/mol. The summed E-state index contributed by atoms with van der Waals surface area (Å²) in [4.78, 5) is 0. The van der Waals surface area contributed by atoms with E-state index in [1.807, 2.05) is 19.1 Å². The number of halogens is 1. The first-order valence-electron chi connectivity index (χ1n) is 6.76. The smallest absolute Gasteiger partial charge is 0.126 e. The molecule has 0 aliphatic carbocycles. The van der Waals surface area contributed by atoms with E-state index in [0.717, 1.165) is 38.2 Å². The maximum atomic E-state index is 13.6. The second kappa shape index (κ2) is 8.22. The molecule has 0 bridgehead atoms. The summed E-state index contributed by atoms with van der Waals surface area (Å²) in [6.07, 6.45) is 1.96. The predicted octanol–water partition coefficient (Wildman–Crippen LogP) is 3.60. The average molecular weight is 253 g/mol. The highest BCUT2D eigenvalue weighted by atomic mass is 19.1. The van der Waals surface area contributed by atoms with Crippen LogP contribution in [0, 0.1) is 12.7 Å². The summed E-state index contributed by atoms with van der Waals surface area (Å²) in [5.74, 6) is -0.125. The molecule has 0 spiro atoms. The minimum absolute atomic E-state index is 0.125. The molecular weight excluding hydrogens is 229 g/mol. The zero-order chi connectivity index (χ0) is 13.4. The number of hydrogen-bond donors (Lipinski definition) is 1. The fourth-order valence-corrected chi connectivity index (χ4v) is 1.99. The van der Waals surface area contributed by atoms with Gasteiger partial charge >= 0.3 is 0 Å². The Morgan fingerprint density at radius 2 is 2.11 bits per heavy atom. The molecule has 1 N–H and O–H groups in total. The molecule has 1 aromatic carbocycles. The predicted molar refractivity (Wildman–Crippen MR) is 73.3 cm³/mol. The normalized spacial score (nSPS) is 12.7. The van der Waals surface area contributed by atoms with Gasteiger partial charge in [-0.1, -0.05) is 19.1 Å². The molecule has 3 heteroatoms. The van der Waals surface area contributed by atoms with E-state index in [4.69, 9.17) is 4.74 Å².